The number of rotatable bonds is 3. The van der Waals surface area contributed by atoms with Gasteiger partial charge in [0.2, 0.25) is 11.8 Å². The number of aromatic nitrogens is 2. The van der Waals surface area contributed by atoms with Crippen LogP contribution in [0.4, 0.5) is 11.5 Å². The number of carbonyl (C=O) groups excluding carboxylic acids is 2. The summed E-state index contributed by atoms with van der Waals surface area (Å²) in [6, 6.07) is 7.74. The summed E-state index contributed by atoms with van der Waals surface area (Å²) < 4.78 is 0. The first-order valence-corrected chi connectivity index (χ1v) is 9.38. The highest BCUT2D eigenvalue weighted by Crippen LogP contribution is 2.48. The number of para-hydroxylation sites is 1. The molecule has 0 bridgehead atoms. The van der Waals surface area contributed by atoms with Crippen LogP contribution in [-0.4, -0.2) is 41.4 Å². The van der Waals surface area contributed by atoms with E-state index in [0.717, 1.165) is 48.6 Å². The van der Waals surface area contributed by atoms with Crippen molar-refractivity contribution in [3.05, 3.63) is 47.4 Å². The average Bonchev–Trinajstić information content (AvgIpc) is 3.37. The topological polar surface area (TPSA) is 92.4 Å². The van der Waals surface area contributed by atoms with Crippen LogP contribution in [0.3, 0.4) is 0 Å². The Labute approximate surface area is 157 Å². The zero-order valence-corrected chi connectivity index (χ0v) is 15.0. The second-order valence-electron chi connectivity index (χ2n) is 7.60. The van der Waals surface area contributed by atoms with Crippen LogP contribution in [0.15, 0.2) is 30.6 Å². The third-order valence-corrected chi connectivity index (χ3v) is 6.10. The second-order valence-corrected chi connectivity index (χ2v) is 7.60. The van der Waals surface area contributed by atoms with Crippen LogP contribution < -0.4 is 15.5 Å². The molecule has 0 radical (unpaired) electrons. The van der Waals surface area contributed by atoms with E-state index in [9.17, 15) is 9.59 Å². The summed E-state index contributed by atoms with van der Waals surface area (Å²) in [7, 11) is 0. The van der Waals surface area contributed by atoms with Crippen molar-refractivity contribution >= 4 is 23.3 Å². The van der Waals surface area contributed by atoms with Gasteiger partial charge in [0.05, 0.1) is 5.41 Å². The molecule has 7 heteroatoms. The summed E-state index contributed by atoms with van der Waals surface area (Å²) in [4.78, 5) is 37.6. The number of nitrogens with zero attached hydrogens (tertiary/aromatic N) is 4. The average molecular weight is 363 g/mol. The number of benzene rings is 1. The monoisotopic (exact) mass is 363 g/mol. The molecule has 7 nitrogen and oxygen atoms in total. The Hall–Kier alpha value is -2.96. The minimum atomic E-state index is -0.636. The number of primary amides is 1. The number of hydrogen-bond acceptors (Lipinski definition) is 5. The fourth-order valence-electron chi connectivity index (χ4n) is 4.91. The molecule has 1 aromatic heterocycles. The maximum absolute atomic E-state index is 13.4. The van der Waals surface area contributed by atoms with Crippen molar-refractivity contribution in [1.29, 1.82) is 0 Å². The number of hydrogen-bond donors (Lipinski definition) is 1. The van der Waals surface area contributed by atoms with Crippen molar-refractivity contribution in [1.82, 2.24) is 9.97 Å². The molecule has 2 aliphatic heterocycles. The Kier molecular flexibility index (Phi) is 3.47. The quantitative estimate of drug-likeness (QED) is 0.876. The molecule has 3 heterocycles. The lowest BCUT2D eigenvalue weighted by atomic mass is 9.81. The first-order valence-electron chi connectivity index (χ1n) is 9.38. The Bertz CT molecular complexity index is 959. The molecule has 5 rings (SSSR count). The van der Waals surface area contributed by atoms with E-state index in [4.69, 9.17) is 5.73 Å². The van der Waals surface area contributed by atoms with Crippen molar-refractivity contribution in [2.75, 3.05) is 29.4 Å². The zero-order chi connectivity index (χ0) is 18.6. The lowest BCUT2D eigenvalue weighted by Crippen LogP contribution is -2.45. The lowest BCUT2D eigenvalue weighted by molar-refractivity contribution is -0.124. The Balaban J connectivity index is 1.54. The predicted octanol–water partition coefficient (Wildman–Crippen LogP) is 0.945. The van der Waals surface area contributed by atoms with Crippen molar-refractivity contribution in [3.8, 4) is 0 Å². The molecule has 2 N–H and O–H groups in total. The molecule has 1 aromatic carbocycles. The van der Waals surface area contributed by atoms with Gasteiger partial charge >= 0.3 is 0 Å². The fourth-order valence-corrected chi connectivity index (χ4v) is 4.91. The van der Waals surface area contributed by atoms with Gasteiger partial charge in [0.25, 0.3) is 0 Å². The van der Waals surface area contributed by atoms with Gasteiger partial charge in [-0.1, -0.05) is 18.2 Å². The smallest absolute Gasteiger partial charge is 0.240 e. The first kappa shape index (κ1) is 16.2. The fraction of sp³-hybridized carbons (Fsp3) is 0.400. The number of aryl methyl sites for hydroxylation is 1. The van der Waals surface area contributed by atoms with Crippen LogP contribution in [0.2, 0.25) is 0 Å². The molecular weight excluding hydrogens is 342 g/mol. The Morgan fingerprint density at radius 1 is 1.22 bits per heavy atom. The third kappa shape index (κ3) is 2.27. The SMILES string of the molecule is NC(=O)CN1C(=O)[C@]2(CCN(c3ncnc4c3CCC4)C2)c2ccccc21. The van der Waals surface area contributed by atoms with Crippen molar-refractivity contribution in [3.63, 3.8) is 0 Å². The van der Waals surface area contributed by atoms with Crippen LogP contribution in [-0.2, 0) is 27.8 Å². The standard InChI is InChI=1S/C20H21N5O2/c21-17(26)10-25-16-7-2-1-5-14(16)20(19(25)27)8-9-24(11-20)18-13-4-3-6-15(13)22-12-23-18/h1-2,5,7,12H,3-4,6,8-11H2,(H2,21,26)/t20-/m0/s1. The van der Waals surface area contributed by atoms with E-state index in [1.807, 2.05) is 24.3 Å². The van der Waals surface area contributed by atoms with Gasteiger partial charge in [-0.2, -0.15) is 0 Å². The van der Waals surface area contributed by atoms with Crippen LogP contribution in [0.5, 0.6) is 0 Å². The Morgan fingerprint density at radius 3 is 2.93 bits per heavy atom. The second kappa shape index (κ2) is 5.77. The summed E-state index contributed by atoms with van der Waals surface area (Å²) in [6.07, 6.45) is 5.44. The van der Waals surface area contributed by atoms with E-state index in [1.54, 1.807) is 11.2 Å². The highest BCUT2D eigenvalue weighted by atomic mass is 16.2. The van der Waals surface area contributed by atoms with Gasteiger partial charge in [-0.15, -0.1) is 0 Å². The van der Waals surface area contributed by atoms with E-state index in [0.29, 0.717) is 13.0 Å². The maximum Gasteiger partial charge on any atom is 0.240 e. The third-order valence-electron chi connectivity index (χ3n) is 6.10. The van der Waals surface area contributed by atoms with Crippen molar-refractivity contribution in [2.45, 2.75) is 31.1 Å². The summed E-state index contributed by atoms with van der Waals surface area (Å²) in [5.41, 5.74) is 8.91. The largest absolute Gasteiger partial charge is 0.368 e. The van der Waals surface area contributed by atoms with Crippen molar-refractivity contribution < 1.29 is 9.59 Å². The number of nitrogens with two attached hydrogens (primary N) is 1. The molecule has 1 aliphatic carbocycles. The van der Waals surface area contributed by atoms with Gasteiger partial charge in [0, 0.05) is 30.0 Å². The number of amides is 2. The Morgan fingerprint density at radius 2 is 2.07 bits per heavy atom. The highest BCUT2D eigenvalue weighted by molar-refractivity contribution is 6.11. The van der Waals surface area contributed by atoms with Crippen LogP contribution in [0, 0.1) is 0 Å². The van der Waals surface area contributed by atoms with E-state index in [1.165, 1.54) is 5.56 Å². The molecule has 2 aromatic rings. The molecule has 27 heavy (non-hydrogen) atoms. The molecule has 0 saturated carbocycles. The molecule has 2 amide bonds. The first-order chi connectivity index (χ1) is 13.1. The van der Waals surface area contributed by atoms with E-state index < -0.39 is 11.3 Å². The predicted molar refractivity (Wildman–Crippen MR) is 101 cm³/mol. The van der Waals surface area contributed by atoms with Crippen LogP contribution >= 0.6 is 0 Å². The van der Waals surface area contributed by atoms with Gasteiger partial charge in [-0.25, -0.2) is 9.97 Å². The summed E-state index contributed by atoms with van der Waals surface area (Å²) >= 11 is 0. The van der Waals surface area contributed by atoms with E-state index in [-0.39, 0.29) is 12.5 Å². The number of anilines is 2. The van der Waals surface area contributed by atoms with Gasteiger partial charge in [-0.3, -0.25) is 9.59 Å². The van der Waals surface area contributed by atoms with Crippen LogP contribution in [0.25, 0.3) is 0 Å². The normalized spacial score (nSPS) is 23.2. The summed E-state index contributed by atoms with van der Waals surface area (Å²) in [5, 5.41) is 0. The highest BCUT2D eigenvalue weighted by Gasteiger charge is 2.55. The lowest BCUT2D eigenvalue weighted by Gasteiger charge is -2.25. The van der Waals surface area contributed by atoms with E-state index >= 15 is 0 Å². The minimum Gasteiger partial charge on any atom is -0.368 e. The molecule has 138 valence electrons. The zero-order valence-electron chi connectivity index (χ0n) is 15.0. The van der Waals surface area contributed by atoms with Crippen molar-refractivity contribution in [2.24, 2.45) is 5.73 Å². The summed E-state index contributed by atoms with van der Waals surface area (Å²) in [5.74, 6) is 0.433. The molecule has 1 spiro atoms. The van der Waals surface area contributed by atoms with Gasteiger partial charge in [0.15, 0.2) is 0 Å². The van der Waals surface area contributed by atoms with Gasteiger partial charge < -0.3 is 15.5 Å². The van der Waals surface area contributed by atoms with Gasteiger partial charge in [0.1, 0.15) is 18.7 Å². The molecule has 3 aliphatic rings. The molecule has 1 saturated heterocycles. The number of fused-ring (bicyclic) bond motifs is 3. The molecule has 1 fully saturated rings. The molecule has 0 unspecified atom stereocenters. The van der Waals surface area contributed by atoms with Gasteiger partial charge in [-0.05, 0) is 37.3 Å². The maximum atomic E-state index is 13.4. The summed E-state index contributed by atoms with van der Waals surface area (Å²) in [6.45, 7) is 1.25. The molecular formula is C20H21N5O2. The molecule has 1 atom stereocenters. The van der Waals surface area contributed by atoms with E-state index in [2.05, 4.69) is 14.9 Å². The number of carbonyl (C=O) groups is 2. The minimum absolute atomic E-state index is 0.0318. The van der Waals surface area contributed by atoms with Crippen LogP contribution in [0.1, 0.15) is 29.7 Å².